The van der Waals surface area contributed by atoms with E-state index in [1.165, 1.54) is 0 Å². The highest BCUT2D eigenvalue weighted by Crippen LogP contribution is 2.26. The quantitative estimate of drug-likeness (QED) is 0.856. The van der Waals surface area contributed by atoms with Crippen LogP contribution in [-0.2, 0) is 6.54 Å². The van der Waals surface area contributed by atoms with Crippen LogP contribution in [0.2, 0.25) is 0 Å². The summed E-state index contributed by atoms with van der Waals surface area (Å²) in [5.41, 5.74) is 1.08. The van der Waals surface area contributed by atoms with Gasteiger partial charge in [0.25, 0.3) is 0 Å². The van der Waals surface area contributed by atoms with Crippen molar-refractivity contribution in [2.75, 3.05) is 0 Å². The van der Waals surface area contributed by atoms with Crippen LogP contribution in [0.4, 0.5) is 0 Å². The van der Waals surface area contributed by atoms with Crippen LogP contribution < -0.4 is 4.74 Å². The molecule has 1 aromatic carbocycles. The van der Waals surface area contributed by atoms with Crippen LogP contribution >= 0.6 is 15.9 Å². The molecule has 0 saturated carbocycles. The number of ether oxygens (including phenoxy) is 1. The SMILES string of the molecule is CCn1ccnc1Oc1ccc(Br)cc1C. The smallest absolute Gasteiger partial charge is 0.301 e. The van der Waals surface area contributed by atoms with Gasteiger partial charge in [-0.15, -0.1) is 0 Å². The number of rotatable bonds is 3. The number of nitrogens with zero attached hydrogens (tertiary/aromatic N) is 2. The highest BCUT2D eigenvalue weighted by Gasteiger charge is 2.06. The molecule has 0 spiro atoms. The number of imidazole rings is 1. The Hall–Kier alpha value is -1.29. The molecule has 1 heterocycles. The molecule has 0 amide bonds. The van der Waals surface area contributed by atoms with Crippen molar-refractivity contribution in [3.63, 3.8) is 0 Å². The maximum atomic E-state index is 5.76. The van der Waals surface area contributed by atoms with E-state index in [0.29, 0.717) is 6.01 Å². The van der Waals surface area contributed by atoms with E-state index in [0.717, 1.165) is 22.3 Å². The Labute approximate surface area is 103 Å². The van der Waals surface area contributed by atoms with Gasteiger partial charge in [-0.05, 0) is 37.6 Å². The second kappa shape index (κ2) is 4.70. The van der Waals surface area contributed by atoms with E-state index in [1.807, 2.05) is 35.9 Å². The summed E-state index contributed by atoms with van der Waals surface area (Å²) in [5.74, 6) is 0.837. The fraction of sp³-hybridized carbons (Fsp3) is 0.250. The first-order chi connectivity index (χ1) is 7.70. The topological polar surface area (TPSA) is 27.1 Å². The molecule has 0 N–H and O–H groups in total. The van der Waals surface area contributed by atoms with E-state index in [-0.39, 0.29) is 0 Å². The third-order valence-electron chi connectivity index (χ3n) is 2.36. The molecule has 84 valence electrons. The van der Waals surface area contributed by atoms with E-state index >= 15 is 0 Å². The molecular formula is C12H13BrN2O. The van der Waals surface area contributed by atoms with E-state index in [9.17, 15) is 0 Å². The summed E-state index contributed by atoms with van der Waals surface area (Å²) >= 11 is 3.43. The second-order valence-electron chi connectivity index (χ2n) is 3.51. The molecule has 0 radical (unpaired) electrons. The van der Waals surface area contributed by atoms with Crippen LogP contribution in [0.25, 0.3) is 0 Å². The van der Waals surface area contributed by atoms with Crippen LogP contribution in [0.1, 0.15) is 12.5 Å². The fourth-order valence-electron chi connectivity index (χ4n) is 1.47. The molecule has 0 fully saturated rings. The normalized spacial score (nSPS) is 10.4. The van der Waals surface area contributed by atoms with E-state index in [2.05, 4.69) is 27.8 Å². The Balaban J connectivity index is 2.27. The molecule has 0 aliphatic heterocycles. The van der Waals surface area contributed by atoms with Gasteiger partial charge in [0.1, 0.15) is 5.75 Å². The van der Waals surface area contributed by atoms with Gasteiger partial charge in [0.15, 0.2) is 0 Å². The zero-order valence-corrected chi connectivity index (χ0v) is 10.9. The molecule has 1 aromatic heterocycles. The van der Waals surface area contributed by atoms with E-state index < -0.39 is 0 Å². The van der Waals surface area contributed by atoms with Gasteiger partial charge in [-0.25, -0.2) is 4.98 Å². The standard InChI is InChI=1S/C12H13BrN2O/c1-3-15-7-6-14-12(15)16-11-5-4-10(13)8-9(11)2/h4-8H,3H2,1-2H3. The minimum Gasteiger partial charge on any atom is -0.425 e. The predicted octanol–water partition coefficient (Wildman–Crippen LogP) is 3.77. The van der Waals surface area contributed by atoms with Gasteiger partial charge in [-0.2, -0.15) is 0 Å². The van der Waals surface area contributed by atoms with Crippen LogP contribution in [-0.4, -0.2) is 9.55 Å². The highest BCUT2D eigenvalue weighted by molar-refractivity contribution is 9.10. The van der Waals surface area contributed by atoms with Gasteiger partial charge in [0.05, 0.1) is 0 Å². The van der Waals surface area contributed by atoms with Crippen LogP contribution in [0.15, 0.2) is 35.1 Å². The third kappa shape index (κ3) is 2.27. The number of halogens is 1. The van der Waals surface area contributed by atoms with Crippen molar-refractivity contribution in [2.24, 2.45) is 0 Å². The Morgan fingerprint density at radius 3 is 2.94 bits per heavy atom. The first-order valence-corrected chi connectivity index (χ1v) is 5.95. The molecule has 0 unspecified atom stereocenters. The average Bonchev–Trinajstić information content (AvgIpc) is 2.69. The molecular weight excluding hydrogens is 268 g/mol. The molecule has 4 heteroatoms. The fourth-order valence-corrected chi connectivity index (χ4v) is 1.94. The maximum Gasteiger partial charge on any atom is 0.301 e. The van der Waals surface area contributed by atoms with E-state index in [1.54, 1.807) is 6.20 Å². The van der Waals surface area contributed by atoms with Gasteiger partial charge in [0, 0.05) is 23.4 Å². The Morgan fingerprint density at radius 2 is 2.25 bits per heavy atom. The molecule has 2 rings (SSSR count). The summed E-state index contributed by atoms with van der Waals surface area (Å²) < 4.78 is 8.77. The summed E-state index contributed by atoms with van der Waals surface area (Å²) in [6.07, 6.45) is 3.65. The Kier molecular flexibility index (Phi) is 3.29. The number of aromatic nitrogens is 2. The van der Waals surface area contributed by atoms with Crippen molar-refractivity contribution in [1.29, 1.82) is 0 Å². The molecule has 0 aliphatic carbocycles. The van der Waals surface area contributed by atoms with Crippen molar-refractivity contribution in [1.82, 2.24) is 9.55 Å². The number of hydrogen-bond acceptors (Lipinski definition) is 2. The zero-order valence-electron chi connectivity index (χ0n) is 9.27. The molecule has 16 heavy (non-hydrogen) atoms. The lowest BCUT2D eigenvalue weighted by atomic mass is 10.2. The summed E-state index contributed by atoms with van der Waals surface area (Å²) in [7, 11) is 0. The predicted molar refractivity (Wildman–Crippen MR) is 66.9 cm³/mol. The van der Waals surface area contributed by atoms with Crippen LogP contribution in [0, 0.1) is 6.92 Å². The van der Waals surface area contributed by atoms with Crippen molar-refractivity contribution in [3.8, 4) is 11.8 Å². The van der Waals surface area contributed by atoms with Crippen LogP contribution in [0.3, 0.4) is 0 Å². The summed E-state index contributed by atoms with van der Waals surface area (Å²) in [5, 5.41) is 0. The molecule has 0 bridgehead atoms. The second-order valence-corrected chi connectivity index (χ2v) is 4.42. The van der Waals surface area contributed by atoms with Gasteiger partial charge in [-0.3, -0.25) is 0 Å². The van der Waals surface area contributed by atoms with Gasteiger partial charge in [-0.1, -0.05) is 15.9 Å². The minimum atomic E-state index is 0.632. The maximum absolute atomic E-state index is 5.76. The Bertz CT molecular complexity index is 494. The Morgan fingerprint density at radius 1 is 1.44 bits per heavy atom. The molecule has 0 aliphatic rings. The molecule has 0 saturated heterocycles. The van der Waals surface area contributed by atoms with Crippen molar-refractivity contribution < 1.29 is 4.74 Å². The largest absolute Gasteiger partial charge is 0.425 e. The number of hydrogen-bond donors (Lipinski definition) is 0. The first-order valence-electron chi connectivity index (χ1n) is 5.16. The molecule has 2 aromatic rings. The average molecular weight is 281 g/mol. The van der Waals surface area contributed by atoms with E-state index in [4.69, 9.17) is 4.74 Å². The highest BCUT2D eigenvalue weighted by atomic mass is 79.9. The zero-order chi connectivity index (χ0) is 11.5. The van der Waals surface area contributed by atoms with Crippen molar-refractivity contribution in [3.05, 3.63) is 40.6 Å². The first kappa shape index (κ1) is 11.2. The number of benzene rings is 1. The van der Waals surface area contributed by atoms with Gasteiger partial charge >= 0.3 is 6.01 Å². The van der Waals surface area contributed by atoms with Gasteiger partial charge in [0.2, 0.25) is 0 Å². The van der Waals surface area contributed by atoms with Crippen LogP contribution in [0.5, 0.6) is 11.8 Å². The summed E-state index contributed by atoms with van der Waals surface area (Å²) in [6.45, 7) is 4.92. The summed E-state index contributed by atoms with van der Waals surface area (Å²) in [4.78, 5) is 4.17. The third-order valence-corrected chi connectivity index (χ3v) is 2.85. The monoisotopic (exact) mass is 280 g/mol. The molecule has 3 nitrogen and oxygen atoms in total. The molecule has 0 atom stereocenters. The van der Waals surface area contributed by atoms with Crippen molar-refractivity contribution in [2.45, 2.75) is 20.4 Å². The lowest BCUT2D eigenvalue weighted by molar-refractivity contribution is 0.412. The lowest BCUT2D eigenvalue weighted by Crippen LogP contribution is -1.98. The van der Waals surface area contributed by atoms with Gasteiger partial charge < -0.3 is 9.30 Å². The lowest BCUT2D eigenvalue weighted by Gasteiger charge is -2.09. The van der Waals surface area contributed by atoms with Crippen molar-refractivity contribution >= 4 is 15.9 Å². The number of aryl methyl sites for hydroxylation is 2. The summed E-state index contributed by atoms with van der Waals surface area (Å²) in [6, 6.07) is 6.55. The minimum absolute atomic E-state index is 0.632.